The summed E-state index contributed by atoms with van der Waals surface area (Å²) in [6.07, 6.45) is 1.17. The Balaban J connectivity index is 1.74. The zero-order valence-electron chi connectivity index (χ0n) is 12.9. The highest BCUT2D eigenvalue weighted by molar-refractivity contribution is 5.76. The first-order valence-corrected chi connectivity index (χ1v) is 7.71. The number of aryl methyl sites for hydroxylation is 1. The van der Waals surface area contributed by atoms with E-state index in [0.29, 0.717) is 12.8 Å². The second kappa shape index (κ2) is 8.35. The first kappa shape index (κ1) is 16.2. The largest absolute Gasteiger partial charge is 0.388 e. The van der Waals surface area contributed by atoms with Crippen molar-refractivity contribution in [1.82, 2.24) is 5.32 Å². The van der Waals surface area contributed by atoms with Crippen LogP contribution in [0.3, 0.4) is 0 Å². The number of hydrogen-bond donors (Lipinski definition) is 2. The lowest BCUT2D eigenvalue weighted by molar-refractivity contribution is -0.121. The fraction of sp³-hybridized carbons (Fsp3) is 0.316. The summed E-state index contributed by atoms with van der Waals surface area (Å²) in [7, 11) is 0. The van der Waals surface area contributed by atoms with E-state index in [1.807, 2.05) is 67.6 Å². The van der Waals surface area contributed by atoms with Crippen LogP contribution in [0.1, 0.15) is 37.0 Å². The Kier molecular flexibility index (Phi) is 6.16. The molecule has 2 aromatic rings. The SMILES string of the molecule is CC(CC(O)c1ccccc1)NC(=O)CCc1ccccc1. The zero-order valence-corrected chi connectivity index (χ0v) is 12.9. The molecule has 0 aliphatic carbocycles. The third-order valence-corrected chi connectivity index (χ3v) is 3.65. The lowest BCUT2D eigenvalue weighted by Crippen LogP contribution is -2.33. The van der Waals surface area contributed by atoms with Crippen LogP contribution in [0, 0.1) is 0 Å². The maximum absolute atomic E-state index is 12.0. The lowest BCUT2D eigenvalue weighted by atomic mass is 10.0. The van der Waals surface area contributed by atoms with Gasteiger partial charge in [-0.05, 0) is 30.9 Å². The number of aliphatic hydroxyl groups excluding tert-OH is 1. The molecule has 22 heavy (non-hydrogen) atoms. The van der Waals surface area contributed by atoms with Gasteiger partial charge in [-0.1, -0.05) is 60.7 Å². The quantitative estimate of drug-likeness (QED) is 0.824. The van der Waals surface area contributed by atoms with E-state index >= 15 is 0 Å². The van der Waals surface area contributed by atoms with E-state index in [4.69, 9.17) is 0 Å². The fourth-order valence-electron chi connectivity index (χ4n) is 2.45. The molecule has 0 saturated carbocycles. The Morgan fingerprint density at radius 2 is 1.64 bits per heavy atom. The Bertz CT molecular complexity index is 569. The highest BCUT2D eigenvalue weighted by Crippen LogP contribution is 2.17. The van der Waals surface area contributed by atoms with Crippen molar-refractivity contribution in [1.29, 1.82) is 0 Å². The summed E-state index contributed by atoms with van der Waals surface area (Å²) in [5.41, 5.74) is 2.04. The molecule has 0 aliphatic rings. The molecule has 3 nitrogen and oxygen atoms in total. The maximum Gasteiger partial charge on any atom is 0.220 e. The third kappa shape index (κ3) is 5.34. The summed E-state index contributed by atoms with van der Waals surface area (Å²) in [5, 5.41) is 13.1. The summed E-state index contributed by atoms with van der Waals surface area (Å²) in [6, 6.07) is 19.4. The number of benzene rings is 2. The highest BCUT2D eigenvalue weighted by atomic mass is 16.3. The molecule has 3 heteroatoms. The Morgan fingerprint density at radius 1 is 1.05 bits per heavy atom. The van der Waals surface area contributed by atoms with E-state index in [9.17, 15) is 9.90 Å². The summed E-state index contributed by atoms with van der Waals surface area (Å²) >= 11 is 0. The molecule has 2 unspecified atom stereocenters. The number of hydrogen-bond acceptors (Lipinski definition) is 2. The molecule has 116 valence electrons. The first-order valence-electron chi connectivity index (χ1n) is 7.71. The molecule has 0 fully saturated rings. The zero-order chi connectivity index (χ0) is 15.8. The van der Waals surface area contributed by atoms with Crippen LogP contribution < -0.4 is 5.32 Å². The van der Waals surface area contributed by atoms with Crippen LogP contribution in [0.5, 0.6) is 0 Å². The predicted molar refractivity (Wildman–Crippen MR) is 88.4 cm³/mol. The lowest BCUT2D eigenvalue weighted by Gasteiger charge is -2.18. The second-order valence-corrected chi connectivity index (χ2v) is 5.62. The van der Waals surface area contributed by atoms with Gasteiger partial charge >= 0.3 is 0 Å². The van der Waals surface area contributed by atoms with Crippen molar-refractivity contribution in [3.8, 4) is 0 Å². The highest BCUT2D eigenvalue weighted by Gasteiger charge is 2.14. The number of aliphatic hydroxyl groups is 1. The van der Waals surface area contributed by atoms with Crippen molar-refractivity contribution in [3.63, 3.8) is 0 Å². The molecule has 0 radical (unpaired) electrons. The fourth-order valence-corrected chi connectivity index (χ4v) is 2.45. The molecule has 2 atom stereocenters. The minimum Gasteiger partial charge on any atom is -0.388 e. The van der Waals surface area contributed by atoms with E-state index in [2.05, 4.69) is 5.32 Å². The summed E-state index contributed by atoms with van der Waals surface area (Å²) in [4.78, 5) is 12.0. The summed E-state index contributed by atoms with van der Waals surface area (Å²) in [6.45, 7) is 1.92. The van der Waals surface area contributed by atoms with Crippen molar-refractivity contribution in [2.45, 2.75) is 38.3 Å². The number of carbonyl (C=O) groups excluding carboxylic acids is 1. The van der Waals surface area contributed by atoms with E-state index in [0.717, 1.165) is 17.5 Å². The van der Waals surface area contributed by atoms with Gasteiger partial charge in [-0.15, -0.1) is 0 Å². The van der Waals surface area contributed by atoms with Gasteiger partial charge in [0.05, 0.1) is 6.10 Å². The van der Waals surface area contributed by atoms with Crippen LogP contribution in [-0.2, 0) is 11.2 Å². The van der Waals surface area contributed by atoms with Crippen LogP contribution in [0.2, 0.25) is 0 Å². The Labute approximate surface area is 132 Å². The number of carbonyl (C=O) groups is 1. The van der Waals surface area contributed by atoms with Crippen LogP contribution >= 0.6 is 0 Å². The Hall–Kier alpha value is -2.13. The van der Waals surface area contributed by atoms with Crippen LogP contribution in [0.25, 0.3) is 0 Å². The molecule has 2 rings (SSSR count). The minimum atomic E-state index is -0.550. The second-order valence-electron chi connectivity index (χ2n) is 5.62. The van der Waals surface area contributed by atoms with E-state index in [-0.39, 0.29) is 11.9 Å². The van der Waals surface area contributed by atoms with Gasteiger partial charge in [-0.3, -0.25) is 4.79 Å². The minimum absolute atomic E-state index is 0.0246. The molecule has 0 aromatic heterocycles. The molecule has 0 aliphatic heterocycles. The van der Waals surface area contributed by atoms with Gasteiger partial charge in [0, 0.05) is 12.5 Å². The van der Waals surface area contributed by atoms with Crippen LogP contribution in [-0.4, -0.2) is 17.1 Å². The van der Waals surface area contributed by atoms with Gasteiger partial charge in [-0.25, -0.2) is 0 Å². The van der Waals surface area contributed by atoms with E-state index < -0.39 is 6.10 Å². The number of nitrogens with one attached hydrogen (secondary N) is 1. The van der Waals surface area contributed by atoms with Gasteiger partial charge in [0.1, 0.15) is 0 Å². The molecular weight excluding hydrogens is 274 g/mol. The van der Waals surface area contributed by atoms with Gasteiger partial charge in [-0.2, -0.15) is 0 Å². The topological polar surface area (TPSA) is 49.3 Å². The first-order chi connectivity index (χ1) is 10.6. The van der Waals surface area contributed by atoms with Gasteiger partial charge in [0.25, 0.3) is 0 Å². The van der Waals surface area contributed by atoms with Crippen molar-refractivity contribution < 1.29 is 9.90 Å². The summed E-state index contributed by atoms with van der Waals surface area (Å²) < 4.78 is 0. The molecule has 1 amide bonds. The standard InChI is InChI=1S/C19H23NO2/c1-15(14-18(21)17-10-6-3-7-11-17)20-19(22)13-12-16-8-4-2-5-9-16/h2-11,15,18,21H,12-14H2,1H3,(H,20,22). The van der Waals surface area contributed by atoms with Gasteiger partial charge in [0.2, 0.25) is 5.91 Å². The Morgan fingerprint density at radius 3 is 2.27 bits per heavy atom. The van der Waals surface area contributed by atoms with Crippen LogP contribution in [0.4, 0.5) is 0 Å². The van der Waals surface area contributed by atoms with Gasteiger partial charge < -0.3 is 10.4 Å². The number of rotatable bonds is 7. The van der Waals surface area contributed by atoms with Crippen molar-refractivity contribution in [2.24, 2.45) is 0 Å². The molecule has 0 saturated heterocycles. The monoisotopic (exact) mass is 297 g/mol. The summed E-state index contributed by atoms with van der Waals surface area (Å²) in [5.74, 6) is 0.0246. The molecule has 0 heterocycles. The number of amides is 1. The van der Waals surface area contributed by atoms with Crippen LogP contribution in [0.15, 0.2) is 60.7 Å². The third-order valence-electron chi connectivity index (χ3n) is 3.65. The molecule has 2 N–H and O–H groups in total. The predicted octanol–water partition coefficient (Wildman–Crippen LogP) is 3.25. The van der Waals surface area contributed by atoms with Crippen molar-refractivity contribution in [3.05, 3.63) is 71.8 Å². The average molecular weight is 297 g/mol. The van der Waals surface area contributed by atoms with Gasteiger partial charge in [0.15, 0.2) is 0 Å². The molecular formula is C19H23NO2. The smallest absolute Gasteiger partial charge is 0.220 e. The molecule has 2 aromatic carbocycles. The average Bonchev–Trinajstić information content (AvgIpc) is 2.54. The van der Waals surface area contributed by atoms with Crippen molar-refractivity contribution >= 4 is 5.91 Å². The van der Waals surface area contributed by atoms with E-state index in [1.165, 1.54) is 0 Å². The molecule has 0 spiro atoms. The molecule has 0 bridgehead atoms. The van der Waals surface area contributed by atoms with E-state index in [1.54, 1.807) is 0 Å². The van der Waals surface area contributed by atoms with Crippen molar-refractivity contribution in [2.75, 3.05) is 0 Å². The maximum atomic E-state index is 12.0. The normalized spacial score (nSPS) is 13.4.